The molecule has 1 aromatic heterocycles. The van der Waals surface area contributed by atoms with Crippen LogP contribution in [0.3, 0.4) is 0 Å². The maximum absolute atomic E-state index is 12.6. The molecule has 0 amide bonds. The number of rotatable bonds is 4. The molecule has 0 radical (unpaired) electrons. The number of terminal acetylenes is 1. The van der Waals surface area contributed by atoms with Gasteiger partial charge >= 0.3 is 0 Å². The smallest absolute Gasteiger partial charge is 0.214 e. The number of halogens is 1. The van der Waals surface area contributed by atoms with Crippen molar-refractivity contribution in [1.82, 2.24) is 4.98 Å². The Morgan fingerprint density at radius 1 is 1.62 bits per heavy atom. The minimum atomic E-state index is -0.470. The summed E-state index contributed by atoms with van der Waals surface area (Å²) in [6.45, 7) is 0.758. The summed E-state index contributed by atoms with van der Waals surface area (Å²) in [5.74, 6) is 2.07. The molecule has 1 rings (SSSR count). The highest BCUT2D eigenvalue weighted by molar-refractivity contribution is 5.40. The largest absolute Gasteiger partial charge is 0.385 e. The van der Waals surface area contributed by atoms with Crippen molar-refractivity contribution in [2.75, 3.05) is 11.9 Å². The fraction of sp³-hybridized carbons (Fsp3) is 0.300. The molecule has 13 heavy (non-hydrogen) atoms. The van der Waals surface area contributed by atoms with E-state index < -0.39 is 5.95 Å². The summed E-state index contributed by atoms with van der Waals surface area (Å²) in [4.78, 5) is 3.45. The predicted molar refractivity (Wildman–Crippen MR) is 50.8 cm³/mol. The summed E-state index contributed by atoms with van der Waals surface area (Å²) >= 11 is 0. The van der Waals surface area contributed by atoms with Crippen LogP contribution >= 0.6 is 0 Å². The van der Waals surface area contributed by atoms with Crippen molar-refractivity contribution in [2.24, 2.45) is 0 Å². The van der Waals surface area contributed by atoms with Crippen molar-refractivity contribution in [3.63, 3.8) is 0 Å². The van der Waals surface area contributed by atoms with Crippen molar-refractivity contribution in [3.05, 3.63) is 24.3 Å². The zero-order valence-corrected chi connectivity index (χ0v) is 7.26. The molecule has 0 fully saturated rings. The quantitative estimate of drug-likeness (QED) is 0.433. The third-order valence-electron chi connectivity index (χ3n) is 1.55. The molecule has 1 heterocycles. The highest BCUT2D eigenvalue weighted by atomic mass is 19.1. The maximum Gasteiger partial charge on any atom is 0.214 e. The first-order valence-corrected chi connectivity index (χ1v) is 4.12. The van der Waals surface area contributed by atoms with E-state index in [9.17, 15) is 4.39 Å². The molecule has 0 aliphatic carbocycles. The molecule has 68 valence electrons. The predicted octanol–water partition coefficient (Wildman–Crippen LogP) is 2.05. The Bertz CT molecular complexity index is 304. The zero-order valence-electron chi connectivity index (χ0n) is 7.26. The molecule has 1 aromatic rings. The highest BCUT2D eigenvalue weighted by Crippen LogP contribution is 2.06. The Morgan fingerprint density at radius 3 is 3.15 bits per heavy atom. The third-order valence-corrected chi connectivity index (χ3v) is 1.55. The number of unbranched alkanes of at least 4 members (excludes halogenated alkanes) is 1. The summed E-state index contributed by atoms with van der Waals surface area (Å²) in [5.41, 5.74) is 0.740. The van der Waals surface area contributed by atoms with Crippen LogP contribution in [0.5, 0.6) is 0 Å². The first kappa shape index (κ1) is 9.53. The summed E-state index contributed by atoms with van der Waals surface area (Å²) in [7, 11) is 0. The van der Waals surface area contributed by atoms with Crippen LogP contribution in [0.1, 0.15) is 12.8 Å². The SMILES string of the molecule is C#CCCCNc1ccnc(F)c1. The molecule has 0 spiro atoms. The van der Waals surface area contributed by atoms with Crippen molar-refractivity contribution in [1.29, 1.82) is 0 Å². The Morgan fingerprint density at radius 2 is 2.46 bits per heavy atom. The van der Waals surface area contributed by atoms with E-state index in [1.165, 1.54) is 12.3 Å². The van der Waals surface area contributed by atoms with Gasteiger partial charge in [0.2, 0.25) is 5.95 Å². The van der Waals surface area contributed by atoms with E-state index in [0.29, 0.717) is 0 Å². The van der Waals surface area contributed by atoms with E-state index in [0.717, 1.165) is 25.1 Å². The summed E-state index contributed by atoms with van der Waals surface area (Å²) in [5, 5.41) is 3.04. The van der Waals surface area contributed by atoms with Gasteiger partial charge in [-0.05, 0) is 12.5 Å². The average Bonchev–Trinajstić information content (AvgIpc) is 2.13. The number of nitrogens with zero attached hydrogens (tertiary/aromatic N) is 1. The van der Waals surface area contributed by atoms with Gasteiger partial charge in [0.25, 0.3) is 0 Å². The molecule has 0 aliphatic heterocycles. The van der Waals surface area contributed by atoms with Crippen LogP contribution in [-0.4, -0.2) is 11.5 Å². The highest BCUT2D eigenvalue weighted by Gasteiger charge is 1.93. The molecular formula is C10H11FN2. The lowest BCUT2D eigenvalue weighted by Gasteiger charge is -2.03. The Labute approximate surface area is 77.2 Å². The zero-order chi connectivity index (χ0) is 9.52. The molecule has 0 aromatic carbocycles. The molecule has 0 saturated heterocycles. The standard InChI is InChI=1S/C10H11FN2/c1-2-3-4-6-12-9-5-7-13-10(11)8-9/h1,5,7-8H,3-4,6H2,(H,12,13). The minimum absolute atomic E-state index is 0.470. The van der Waals surface area contributed by atoms with Gasteiger partial charge in [0.15, 0.2) is 0 Å². The molecule has 2 nitrogen and oxygen atoms in total. The molecular weight excluding hydrogens is 167 g/mol. The maximum atomic E-state index is 12.6. The number of hydrogen-bond donors (Lipinski definition) is 1. The third kappa shape index (κ3) is 3.57. The lowest BCUT2D eigenvalue weighted by atomic mass is 10.3. The lowest BCUT2D eigenvalue weighted by molar-refractivity contribution is 0.584. The second kappa shape index (κ2) is 5.15. The van der Waals surface area contributed by atoms with Crippen LogP contribution in [-0.2, 0) is 0 Å². The second-order valence-corrected chi connectivity index (χ2v) is 2.60. The van der Waals surface area contributed by atoms with Crippen LogP contribution < -0.4 is 5.32 Å². The van der Waals surface area contributed by atoms with Crippen molar-refractivity contribution < 1.29 is 4.39 Å². The number of aromatic nitrogens is 1. The molecule has 0 saturated carbocycles. The van der Waals surface area contributed by atoms with Crippen LogP contribution in [0.2, 0.25) is 0 Å². The van der Waals surface area contributed by atoms with Crippen molar-refractivity contribution in [3.8, 4) is 12.3 Å². The van der Waals surface area contributed by atoms with E-state index in [4.69, 9.17) is 6.42 Å². The monoisotopic (exact) mass is 178 g/mol. The van der Waals surface area contributed by atoms with Crippen LogP contribution in [0, 0.1) is 18.3 Å². The number of anilines is 1. The van der Waals surface area contributed by atoms with Gasteiger partial charge in [-0.15, -0.1) is 12.3 Å². The summed E-state index contributed by atoms with van der Waals surface area (Å²) in [6.07, 6.45) is 8.14. The van der Waals surface area contributed by atoms with E-state index in [1.54, 1.807) is 6.07 Å². The Balaban J connectivity index is 2.33. The fourth-order valence-corrected chi connectivity index (χ4v) is 0.936. The molecule has 0 aliphatic rings. The van der Waals surface area contributed by atoms with Gasteiger partial charge in [0.05, 0.1) is 0 Å². The molecule has 0 bridgehead atoms. The topological polar surface area (TPSA) is 24.9 Å². The van der Waals surface area contributed by atoms with E-state index in [1.807, 2.05) is 0 Å². The van der Waals surface area contributed by atoms with Gasteiger partial charge in [0, 0.05) is 30.9 Å². The number of nitrogens with one attached hydrogen (secondary N) is 1. The average molecular weight is 178 g/mol. The first-order valence-electron chi connectivity index (χ1n) is 4.12. The van der Waals surface area contributed by atoms with Crippen LogP contribution in [0.15, 0.2) is 18.3 Å². The van der Waals surface area contributed by atoms with Crippen LogP contribution in [0.25, 0.3) is 0 Å². The van der Waals surface area contributed by atoms with Gasteiger partial charge in [-0.1, -0.05) is 0 Å². The van der Waals surface area contributed by atoms with Gasteiger partial charge in [-0.25, -0.2) is 4.98 Å². The minimum Gasteiger partial charge on any atom is -0.385 e. The van der Waals surface area contributed by atoms with Crippen molar-refractivity contribution >= 4 is 5.69 Å². The Kier molecular flexibility index (Phi) is 3.77. The molecule has 3 heteroatoms. The number of pyridine rings is 1. The van der Waals surface area contributed by atoms with Gasteiger partial charge in [0.1, 0.15) is 0 Å². The van der Waals surface area contributed by atoms with Gasteiger partial charge in [-0.2, -0.15) is 4.39 Å². The summed E-state index contributed by atoms with van der Waals surface area (Å²) in [6, 6.07) is 3.08. The lowest BCUT2D eigenvalue weighted by Crippen LogP contribution is -2.01. The van der Waals surface area contributed by atoms with Crippen molar-refractivity contribution in [2.45, 2.75) is 12.8 Å². The van der Waals surface area contributed by atoms with E-state index in [-0.39, 0.29) is 0 Å². The number of hydrogen-bond acceptors (Lipinski definition) is 2. The van der Waals surface area contributed by atoms with E-state index >= 15 is 0 Å². The van der Waals surface area contributed by atoms with Gasteiger partial charge < -0.3 is 5.32 Å². The normalized spacial score (nSPS) is 9.23. The second-order valence-electron chi connectivity index (χ2n) is 2.60. The molecule has 1 N–H and O–H groups in total. The van der Waals surface area contributed by atoms with E-state index in [2.05, 4.69) is 16.2 Å². The first-order chi connectivity index (χ1) is 6.33. The fourth-order valence-electron chi connectivity index (χ4n) is 0.936. The Hall–Kier alpha value is -1.56. The van der Waals surface area contributed by atoms with Gasteiger partial charge in [-0.3, -0.25) is 0 Å². The summed E-state index contributed by atoms with van der Waals surface area (Å²) < 4.78 is 12.6. The van der Waals surface area contributed by atoms with Crippen LogP contribution in [0.4, 0.5) is 10.1 Å². The molecule has 0 unspecified atom stereocenters. The molecule has 0 atom stereocenters.